The van der Waals surface area contributed by atoms with Crippen molar-refractivity contribution in [1.82, 2.24) is 0 Å². The van der Waals surface area contributed by atoms with Crippen LogP contribution >= 0.6 is 11.6 Å². The molecule has 0 saturated heterocycles. The molecule has 0 radical (unpaired) electrons. The fraction of sp³-hybridized carbons (Fsp3) is 0.429. The SMILES string of the molecule is CCOC(OCC)C(=N)CC(=N)c1ccc(F)c(Cl)c1. The lowest BCUT2D eigenvalue weighted by Crippen LogP contribution is -2.29. The molecule has 0 bridgehead atoms. The van der Waals surface area contributed by atoms with Gasteiger partial charge in [-0.15, -0.1) is 0 Å². The van der Waals surface area contributed by atoms with Crippen LogP contribution in [-0.2, 0) is 9.47 Å². The maximum atomic E-state index is 13.1. The fourth-order valence-electron chi connectivity index (χ4n) is 1.61. The average Bonchev–Trinajstić information content (AvgIpc) is 2.41. The molecule has 1 aromatic rings. The molecule has 1 rings (SSSR count). The number of nitrogens with one attached hydrogen (secondary N) is 2. The summed E-state index contributed by atoms with van der Waals surface area (Å²) in [4.78, 5) is 0. The van der Waals surface area contributed by atoms with Crippen molar-refractivity contribution in [3.8, 4) is 0 Å². The highest BCUT2D eigenvalue weighted by Crippen LogP contribution is 2.17. The molecule has 6 heteroatoms. The van der Waals surface area contributed by atoms with E-state index in [0.29, 0.717) is 18.8 Å². The van der Waals surface area contributed by atoms with E-state index in [0.717, 1.165) is 0 Å². The zero-order valence-electron chi connectivity index (χ0n) is 11.5. The van der Waals surface area contributed by atoms with Crippen LogP contribution in [0, 0.1) is 16.6 Å². The van der Waals surface area contributed by atoms with Crippen LogP contribution in [0.25, 0.3) is 0 Å². The van der Waals surface area contributed by atoms with Crippen molar-refractivity contribution in [2.75, 3.05) is 13.2 Å². The normalized spacial score (nSPS) is 10.8. The molecule has 0 aliphatic rings. The molecule has 0 saturated carbocycles. The molecule has 0 aliphatic heterocycles. The lowest BCUT2D eigenvalue weighted by Gasteiger charge is -2.18. The Morgan fingerprint density at radius 1 is 1.25 bits per heavy atom. The van der Waals surface area contributed by atoms with Gasteiger partial charge in [-0.05, 0) is 31.5 Å². The largest absolute Gasteiger partial charge is 0.348 e. The minimum Gasteiger partial charge on any atom is -0.348 e. The molecule has 4 nitrogen and oxygen atoms in total. The minimum absolute atomic E-state index is 0.0371. The third-order valence-electron chi connectivity index (χ3n) is 2.56. The Morgan fingerprint density at radius 2 is 1.85 bits per heavy atom. The van der Waals surface area contributed by atoms with Gasteiger partial charge in [0.15, 0.2) is 6.29 Å². The zero-order valence-corrected chi connectivity index (χ0v) is 12.3. The summed E-state index contributed by atoms with van der Waals surface area (Å²) in [6.45, 7) is 4.46. The van der Waals surface area contributed by atoms with E-state index in [1.54, 1.807) is 0 Å². The number of rotatable bonds is 8. The van der Waals surface area contributed by atoms with E-state index in [1.807, 2.05) is 13.8 Å². The van der Waals surface area contributed by atoms with E-state index in [9.17, 15) is 4.39 Å². The Kier molecular flexibility index (Phi) is 6.78. The summed E-state index contributed by atoms with van der Waals surface area (Å²) in [6, 6.07) is 4.05. The average molecular weight is 301 g/mol. The van der Waals surface area contributed by atoms with E-state index < -0.39 is 12.1 Å². The van der Waals surface area contributed by atoms with E-state index in [2.05, 4.69) is 0 Å². The van der Waals surface area contributed by atoms with E-state index in [1.165, 1.54) is 18.2 Å². The third kappa shape index (κ3) is 4.67. The lowest BCUT2D eigenvalue weighted by atomic mass is 10.0. The van der Waals surface area contributed by atoms with Gasteiger partial charge in [0.2, 0.25) is 0 Å². The molecular formula is C14H18ClFN2O2. The number of benzene rings is 1. The zero-order chi connectivity index (χ0) is 15.1. The maximum absolute atomic E-state index is 13.1. The number of halogens is 2. The van der Waals surface area contributed by atoms with Crippen molar-refractivity contribution < 1.29 is 13.9 Å². The van der Waals surface area contributed by atoms with Gasteiger partial charge in [-0.1, -0.05) is 17.7 Å². The summed E-state index contributed by atoms with van der Waals surface area (Å²) in [5.74, 6) is -0.528. The molecule has 110 valence electrons. The van der Waals surface area contributed by atoms with Gasteiger partial charge in [0.1, 0.15) is 5.82 Å². The van der Waals surface area contributed by atoms with Gasteiger partial charge < -0.3 is 20.3 Å². The standard InChI is InChI=1S/C14H18ClFN2O2/c1-3-19-14(20-4-2)13(18)8-12(17)9-5-6-11(16)10(15)7-9/h5-7,14,17-18H,3-4,8H2,1-2H3. The van der Waals surface area contributed by atoms with Crippen molar-refractivity contribution in [1.29, 1.82) is 10.8 Å². The van der Waals surface area contributed by atoms with Crippen molar-refractivity contribution >= 4 is 23.0 Å². The molecule has 20 heavy (non-hydrogen) atoms. The summed E-state index contributed by atoms with van der Waals surface area (Å²) < 4.78 is 23.7. The first-order chi connectivity index (χ1) is 9.49. The fourth-order valence-corrected chi connectivity index (χ4v) is 1.79. The molecule has 1 aromatic carbocycles. The van der Waals surface area contributed by atoms with Crippen molar-refractivity contribution in [3.05, 3.63) is 34.6 Å². The van der Waals surface area contributed by atoms with Crippen LogP contribution in [0.15, 0.2) is 18.2 Å². The molecule has 0 fully saturated rings. The Morgan fingerprint density at radius 3 is 2.35 bits per heavy atom. The number of ether oxygens (including phenoxy) is 2. The quantitative estimate of drug-likeness (QED) is 0.568. The topological polar surface area (TPSA) is 66.2 Å². The first kappa shape index (κ1) is 16.8. The molecule has 0 heterocycles. The summed E-state index contributed by atoms with van der Waals surface area (Å²) in [6.07, 6.45) is -0.687. The molecule has 0 atom stereocenters. The van der Waals surface area contributed by atoms with E-state index in [-0.39, 0.29) is 22.9 Å². The van der Waals surface area contributed by atoms with Crippen molar-refractivity contribution in [2.45, 2.75) is 26.6 Å². The van der Waals surface area contributed by atoms with Gasteiger partial charge in [0, 0.05) is 25.3 Å². The Hall–Kier alpha value is -1.30. The predicted octanol–water partition coefficient (Wildman–Crippen LogP) is 3.66. The predicted molar refractivity (Wildman–Crippen MR) is 77.6 cm³/mol. The summed E-state index contributed by atoms with van der Waals surface area (Å²) >= 11 is 5.68. The van der Waals surface area contributed by atoms with E-state index >= 15 is 0 Å². The summed E-state index contributed by atoms with van der Waals surface area (Å²) in [7, 11) is 0. The highest BCUT2D eigenvalue weighted by Gasteiger charge is 2.17. The molecule has 0 spiro atoms. The van der Waals surface area contributed by atoms with Gasteiger partial charge in [0.25, 0.3) is 0 Å². The van der Waals surface area contributed by atoms with Crippen LogP contribution in [0.5, 0.6) is 0 Å². The van der Waals surface area contributed by atoms with Crippen LogP contribution in [-0.4, -0.2) is 30.9 Å². The second-order valence-electron chi connectivity index (χ2n) is 4.05. The van der Waals surface area contributed by atoms with Crippen LogP contribution in [0.3, 0.4) is 0 Å². The molecule has 0 amide bonds. The Labute approximate surface area is 122 Å². The highest BCUT2D eigenvalue weighted by atomic mass is 35.5. The van der Waals surface area contributed by atoms with Crippen LogP contribution < -0.4 is 0 Å². The van der Waals surface area contributed by atoms with Gasteiger partial charge in [-0.3, -0.25) is 0 Å². The molecule has 2 N–H and O–H groups in total. The summed E-state index contributed by atoms with van der Waals surface area (Å²) in [5.41, 5.74) is 0.799. The smallest absolute Gasteiger partial charge is 0.196 e. The monoisotopic (exact) mass is 300 g/mol. The highest BCUT2D eigenvalue weighted by molar-refractivity contribution is 6.31. The van der Waals surface area contributed by atoms with Crippen LogP contribution in [0.4, 0.5) is 4.39 Å². The van der Waals surface area contributed by atoms with Gasteiger partial charge >= 0.3 is 0 Å². The number of hydrogen-bond donors (Lipinski definition) is 2. The Balaban J connectivity index is 2.73. The molecular weight excluding hydrogens is 283 g/mol. The van der Waals surface area contributed by atoms with E-state index in [4.69, 9.17) is 31.9 Å². The van der Waals surface area contributed by atoms with Gasteiger partial charge in [0.05, 0.1) is 10.7 Å². The first-order valence-corrected chi connectivity index (χ1v) is 6.70. The third-order valence-corrected chi connectivity index (χ3v) is 2.85. The van der Waals surface area contributed by atoms with Crippen molar-refractivity contribution in [3.63, 3.8) is 0 Å². The maximum Gasteiger partial charge on any atom is 0.196 e. The second-order valence-corrected chi connectivity index (χ2v) is 4.46. The molecule has 0 aromatic heterocycles. The lowest BCUT2D eigenvalue weighted by molar-refractivity contribution is -0.0910. The molecule has 0 unspecified atom stereocenters. The molecule has 0 aliphatic carbocycles. The van der Waals surface area contributed by atoms with Crippen molar-refractivity contribution in [2.24, 2.45) is 0 Å². The first-order valence-electron chi connectivity index (χ1n) is 6.32. The van der Waals surface area contributed by atoms with Crippen LogP contribution in [0.1, 0.15) is 25.8 Å². The number of hydrogen-bond acceptors (Lipinski definition) is 4. The van der Waals surface area contributed by atoms with Crippen LogP contribution in [0.2, 0.25) is 5.02 Å². The van der Waals surface area contributed by atoms with Gasteiger partial charge in [-0.2, -0.15) is 0 Å². The second kappa shape index (κ2) is 8.09. The van der Waals surface area contributed by atoms with Gasteiger partial charge in [-0.25, -0.2) is 4.39 Å². The Bertz CT molecular complexity index is 488. The minimum atomic E-state index is -0.749. The summed E-state index contributed by atoms with van der Waals surface area (Å²) in [5, 5.41) is 15.8.